The molecule has 1 amide bonds. The molecule has 1 spiro atoms. The van der Waals surface area contributed by atoms with Crippen LogP contribution >= 0.6 is 0 Å². The second kappa shape index (κ2) is 4.98. The summed E-state index contributed by atoms with van der Waals surface area (Å²) in [6, 6.07) is 0. The number of sulfonamides is 1. The van der Waals surface area contributed by atoms with Crippen LogP contribution in [0.3, 0.4) is 0 Å². The molecule has 1 N–H and O–H groups in total. The van der Waals surface area contributed by atoms with Crippen molar-refractivity contribution in [3.05, 3.63) is 0 Å². The average molecular weight is 300 g/mol. The fourth-order valence-electron chi connectivity index (χ4n) is 3.37. The van der Waals surface area contributed by atoms with Crippen molar-refractivity contribution < 1.29 is 13.2 Å². The molecule has 114 valence electrons. The fraction of sp³-hybridized carbons (Fsp3) is 0.929. The molecular formula is C14H24N2O3S. The Kier molecular flexibility index (Phi) is 3.57. The molecule has 6 heteroatoms. The lowest BCUT2D eigenvalue weighted by molar-refractivity contribution is -0.123. The fourth-order valence-corrected chi connectivity index (χ4v) is 4.51. The highest BCUT2D eigenvalue weighted by Crippen LogP contribution is 2.70. The third-order valence-electron chi connectivity index (χ3n) is 5.30. The van der Waals surface area contributed by atoms with Gasteiger partial charge in [0.05, 0.1) is 5.75 Å². The van der Waals surface area contributed by atoms with Gasteiger partial charge in [-0.25, -0.2) is 12.7 Å². The molecule has 1 heterocycles. The minimum Gasteiger partial charge on any atom is -0.356 e. The van der Waals surface area contributed by atoms with Gasteiger partial charge < -0.3 is 5.32 Å². The summed E-state index contributed by atoms with van der Waals surface area (Å²) in [7, 11) is -3.04. The molecule has 1 unspecified atom stereocenters. The molecule has 1 saturated heterocycles. The molecule has 2 saturated carbocycles. The van der Waals surface area contributed by atoms with E-state index in [1.54, 1.807) is 11.2 Å². The number of carbonyl (C=O) groups is 1. The van der Waals surface area contributed by atoms with Crippen molar-refractivity contribution in [1.29, 1.82) is 0 Å². The van der Waals surface area contributed by atoms with Gasteiger partial charge in [0.25, 0.3) is 0 Å². The summed E-state index contributed by atoms with van der Waals surface area (Å²) in [5, 5.41) is 3.07. The van der Waals surface area contributed by atoms with Crippen LogP contribution in [0.1, 0.15) is 39.0 Å². The van der Waals surface area contributed by atoms with Gasteiger partial charge in [0.1, 0.15) is 0 Å². The molecule has 2 aliphatic carbocycles. The van der Waals surface area contributed by atoms with Crippen molar-refractivity contribution in [2.45, 2.75) is 39.0 Å². The van der Waals surface area contributed by atoms with E-state index < -0.39 is 10.0 Å². The van der Waals surface area contributed by atoms with Crippen molar-refractivity contribution in [1.82, 2.24) is 9.62 Å². The maximum absolute atomic E-state index is 12.0. The summed E-state index contributed by atoms with van der Waals surface area (Å²) in [5.41, 5.74) is 0.419. The van der Waals surface area contributed by atoms with Gasteiger partial charge in [-0.05, 0) is 50.4 Å². The predicted molar refractivity (Wildman–Crippen MR) is 76.5 cm³/mol. The first kappa shape index (κ1) is 14.3. The molecule has 0 bridgehead atoms. The Morgan fingerprint density at radius 1 is 1.30 bits per heavy atom. The minimum absolute atomic E-state index is 0.179. The molecule has 1 atom stereocenters. The summed E-state index contributed by atoms with van der Waals surface area (Å²) >= 11 is 0. The maximum atomic E-state index is 12.0. The number of nitrogens with one attached hydrogen (secondary N) is 1. The van der Waals surface area contributed by atoms with Crippen LogP contribution in [0.2, 0.25) is 0 Å². The van der Waals surface area contributed by atoms with Crippen LogP contribution in [0.5, 0.6) is 0 Å². The van der Waals surface area contributed by atoms with Gasteiger partial charge >= 0.3 is 0 Å². The van der Waals surface area contributed by atoms with Gasteiger partial charge in [0, 0.05) is 25.6 Å². The lowest BCUT2D eigenvalue weighted by Gasteiger charge is -2.31. The summed E-state index contributed by atoms with van der Waals surface area (Å²) in [6.45, 7) is 3.60. The quantitative estimate of drug-likeness (QED) is 0.822. The number of nitrogens with zero attached hydrogens (tertiary/aromatic N) is 1. The van der Waals surface area contributed by atoms with E-state index in [1.165, 1.54) is 12.8 Å². The topological polar surface area (TPSA) is 66.5 Å². The summed E-state index contributed by atoms with van der Waals surface area (Å²) in [6.07, 6.45) is 5.27. The Morgan fingerprint density at radius 3 is 2.45 bits per heavy atom. The van der Waals surface area contributed by atoms with Gasteiger partial charge in [0.2, 0.25) is 15.9 Å². The highest BCUT2D eigenvalue weighted by molar-refractivity contribution is 7.89. The summed E-state index contributed by atoms with van der Waals surface area (Å²) in [5.74, 6) is 1.11. The molecule has 3 aliphatic rings. The molecule has 3 fully saturated rings. The minimum atomic E-state index is -3.04. The molecule has 20 heavy (non-hydrogen) atoms. The van der Waals surface area contributed by atoms with Crippen LogP contribution in [0.4, 0.5) is 0 Å². The number of piperidine rings is 1. The number of hydrogen-bond donors (Lipinski definition) is 1. The van der Waals surface area contributed by atoms with Gasteiger partial charge in [-0.15, -0.1) is 0 Å². The first-order valence-corrected chi connectivity index (χ1v) is 9.33. The van der Waals surface area contributed by atoms with Gasteiger partial charge in [-0.3, -0.25) is 4.79 Å². The van der Waals surface area contributed by atoms with E-state index in [2.05, 4.69) is 5.32 Å². The third-order valence-corrected chi connectivity index (χ3v) is 7.18. The lowest BCUT2D eigenvalue weighted by Crippen LogP contribution is -2.42. The zero-order valence-corrected chi connectivity index (χ0v) is 12.9. The zero-order valence-electron chi connectivity index (χ0n) is 12.1. The van der Waals surface area contributed by atoms with Crippen molar-refractivity contribution in [2.24, 2.45) is 17.3 Å². The van der Waals surface area contributed by atoms with Crippen LogP contribution in [0.25, 0.3) is 0 Å². The van der Waals surface area contributed by atoms with Crippen LogP contribution in [-0.2, 0) is 14.8 Å². The van der Waals surface area contributed by atoms with E-state index >= 15 is 0 Å². The van der Waals surface area contributed by atoms with Gasteiger partial charge in [-0.2, -0.15) is 0 Å². The Hall–Kier alpha value is -0.620. The molecule has 0 aromatic carbocycles. The van der Waals surface area contributed by atoms with E-state index in [0.717, 1.165) is 19.3 Å². The van der Waals surface area contributed by atoms with Gasteiger partial charge in [-0.1, -0.05) is 0 Å². The van der Waals surface area contributed by atoms with Gasteiger partial charge in [0.15, 0.2) is 0 Å². The number of amides is 1. The Morgan fingerprint density at radius 2 is 1.95 bits per heavy atom. The monoisotopic (exact) mass is 300 g/mol. The van der Waals surface area contributed by atoms with E-state index in [1.807, 2.05) is 0 Å². The Labute approximate surface area is 121 Å². The highest BCUT2D eigenvalue weighted by Gasteiger charge is 2.65. The molecule has 1 aliphatic heterocycles. The molecule has 0 aromatic heterocycles. The smallest absolute Gasteiger partial charge is 0.223 e. The molecule has 0 aromatic rings. The van der Waals surface area contributed by atoms with E-state index in [9.17, 15) is 13.2 Å². The van der Waals surface area contributed by atoms with Crippen LogP contribution in [0.15, 0.2) is 0 Å². The third kappa shape index (κ3) is 2.72. The van der Waals surface area contributed by atoms with Crippen molar-refractivity contribution in [2.75, 3.05) is 25.4 Å². The molecular weight excluding hydrogens is 276 g/mol. The van der Waals surface area contributed by atoms with E-state index in [4.69, 9.17) is 0 Å². The van der Waals surface area contributed by atoms with Crippen molar-refractivity contribution >= 4 is 15.9 Å². The second-order valence-corrected chi connectivity index (χ2v) is 8.86. The zero-order chi connectivity index (χ0) is 14.4. The van der Waals surface area contributed by atoms with Crippen molar-refractivity contribution in [3.8, 4) is 0 Å². The van der Waals surface area contributed by atoms with E-state index in [0.29, 0.717) is 31.0 Å². The number of hydrogen-bond acceptors (Lipinski definition) is 3. The van der Waals surface area contributed by atoms with Crippen molar-refractivity contribution in [3.63, 3.8) is 0 Å². The summed E-state index contributed by atoms with van der Waals surface area (Å²) < 4.78 is 25.1. The standard InChI is InChI=1S/C14H24N2O3S/c1-2-20(18,19)16-7-3-11(4-8-16)10-15-13(17)12-9-14(12)5-6-14/h11-12H,2-10H2,1H3,(H,15,17). The number of rotatable bonds is 5. The average Bonchev–Trinajstić information content (AvgIpc) is 3.37. The predicted octanol–water partition coefficient (Wildman–Crippen LogP) is 0.964. The first-order chi connectivity index (χ1) is 9.47. The maximum Gasteiger partial charge on any atom is 0.223 e. The number of carbonyl (C=O) groups excluding carboxylic acids is 1. The van der Waals surface area contributed by atoms with Crippen LogP contribution in [-0.4, -0.2) is 44.0 Å². The van der Waals surface area contributed by atoms with Crippen LogP contribution < -0.4 is 5.32 Å². The summed E-state index contributed by atoms with van der Waals surface area (Å²) in [4.78, 5) is 12.0. The SMILES string of the molecule is CCS(=O)(=O)N1CCC(CNC(=O)C2CC23CC3)CC1. The Bertz CT molecular complexity index is 491. The van der Waals surface area contributed by atoms with E-state index in [-0.39, 0.29) is 17.6 Å². The molecule has 0 radical (unpaired) electrons. The highest BCUT2D eigenvalue weighted by atomic mass is 32.2. The Balaban J connectivity index is 1.39. The first-order valence-electron chi connectivity index (χ1n) is 7.72. The normalized spacial score (nSPS) is 29.4. The molecule has 5 nitrogen and oxygen atoms in total. The lowest BCUT2D eigenvalue weighted by atomic mass is 9.98. The second-order valence-electron chi connectivity index (χ2n) is 6.61. The van der Waals surface area contributed by atoms with Crippen LogP contribution in [0, 0.1) is 17.3 Å². The largest absolute Gasteiger partial charge is 0.356 e. The molecule has 3 rings (SSSR count).